The lowest BCUT2D eigenvalue weighted by atomic mass is 10.1. The molecule has 1 aromatic carbocycles. The molecule has 1 aromatic heterocycles. The van der Waals surface area contributed by atoms with E-state index >= 15 is 0 Å². The number of nitrogens with one attached hydrogen (secondary N) is 1. The summed E-state index contributed by atoms with van der Waals surface area (Å²) in [5.41, 5.74) is 2.86. The van der Waals surface area contributed by atoms with Gasteiger partial charge in [0, 0.05) is 76.7 Å². The van der Waals surface area contributed by atoms with Crippen LogP contribution in [0, 0.1) is 0 Å². The maximum atomic E-state index is 12.9. The number of nitrogens with zero attached hydrogens (tertiary/aromatic N) is 4. The molecule has 8 nitrogen and oxygen atoms in total. The van der Waals surface area contributed by atoms with Crippen LogP contribution in [0.4, 0.5) is 5.69 Å². The van der Waals surface area contributed by atoms with Crippen LogP contribution in [0.1, 0.15) is 22.5 Å². The van der Waals surface area contributed by atoms with Crippen molar-refractivity contribution in [3.8, 4) is 0 Å². The van der Waals surface area contributed by atoms with Crippen molar-refractivity contribution in [2.75, 3.05) is 63.9 Å². The van der Waals surface area contributed by atoms with E-state index in [1.54, 1.807) is 6.20 Å². The van der Waals surface area contributed by atoms with Crippen LogP contribution in [0.2, 0.25) is 0 Å². The summed E-state index contributed by atoms with van der Waals surface area (Å²) in [4.78, 5) is 37.0. The molecular formula is C24H31N5O3. The van der Waals surface area contributed by atoms with E-state index < -0.39 is 0 Å². The van der Waals surface area contributed by atoms with Gasteiger partial charge in [-0.1, -0.05) is 12.1 Å². The Kier molecular flexibility index (Phi) is 6.25. The molecule has 2 amide bonds. The van der Waals surface area contributed by atoms with Crippen molar-refractivity contribution in [2.45, 2.75) is 19.0 Å². The van der Waals surface area contributed by atoms with Gasteiger partial charge in [0.25, 0.3) is 5.91 Å². The first kappa shape index (κ1) is 21.2. The van der Waals surface area contributed by atoms with Gasteiger partial charge < -0.3 is 19.5 Å². The van der Waals surface area contributed by atoms with Crippen molar-refractivity contribution in [1.82, 2.24) is 19.7 Å². The van der Waals surface area contributed by atoms with E-state index in [0.717, 1.165) is 51.6 Å². The molecule has 0 saturated carbocycles. The lowest BCUT2D eigenvalue weighted by molar-refractivity contribution is -0.117. The summed E-state index contributed by atoms with van der Waals surface area (Å²) in [6, 6.07) is 12.2. The third-order valence-corrected chi connectivity index (χ3v) is 6.78. The second-order valence-corrected chi connectivity index (χ2v) is 8.83. The van der Waals surface area contributed by atoms with Gasteiger partial charge in [0.05, 0.1) is 13.2 Å². The number of piperazine rings is 1. The van der Waals surface area contributed by atoms with E-state index in [0.29, 0.717) is 31.7 Å². The number of carbonyl (C=O) groups is 2. The molecule has 3 saturated heterocycles. The first-order chi connectivity index (χ1) is 15.7. The summed E-state index contributed by atoms with van der Waals surface area (Å²) in [7, 11) is 0. The Labute approximate surface area is 188 Å². The highest BCUT2D eigenvalue weighted by atomic mass is 16.5. The van der Waals surface area contributed by atoms with Crippen molar-refractivity contribution in [1.29, 1.82) is 0 Å². The third kappa shape index (κ3) is 4.57. The Morgan fingerprint density at radius 3 is 2.59 bits per heavy atom. The molecule has 0 radical (unpaired) electrons. The molecule has 3 fully saturated rings. The number of benzene rings is 1. The van der Waals surface area contributed by atoms with Gasteiger partial charge >= 0.3 is 0 Å². The van der Waals surface area contributed by atoms with Gasteiger partial charge in [-0.3, -0.25) is 19.4 Å². The minimum atomic E-state index is 0.0517. The van der Waals surface area contributed by atoms with Gasteiger partial charge in [0.1, 0.15) is 5.69 Å². The number of morpholine rings is 1. The maximum absolute atomic E-state index is 12.9. The van der Waals surface area contributed by atoms with Gasteiger partial charge in [-0.25, -0.2) is 0 Å². The van der Waals surface area contributed by atoms with E-state index in [9.17, 15) is 9.59 Å². The van der Waals surface area contributed by atoms with Gasteiger partial charge in [0.15, 0.2) is 0 Å². The summed E-state index contributed by atoms with van der Waals surface area (Å²) in [6.45, 7) is 8.07. The zero-order chi connectivity index (χ0) is 21.9. The predicted molar refractivity (Wildman–Crippen MR) is 122 cm³/mol. The Morgan fingerprint density at radius 2 is 1.84 bits per heavy atom. The minimum Gasteiger partial charge on any atom is -0.379 e. The molecule has 8 heteroatoms. The van der Waals surface area contributed by atoms with Crippen molar-refractivity contribution < 1.29 is 14.3 Å². The van der Waals surface area contributed by atoms with Crippen molar-refractivity contribution in [3.63, 3.8) is 0 Å². The number of rotatable bonds is 5. The SMILES string of the molecule is O=C(c1ccc[nH]1)N1CCN(C2CC(=O)N(c3cccc(CN4CCOCC4)c3)C2)CC1. The first-order valence-corrected chi connectivity index (χ1v) is 11.5. The molecule has 5 rings (SSSR count). The fraction of sp³-hybridized carbons (Fsp3) is 0.500. The summed E-state index contributed by atoms with van der Waals surface area (Å²) < 4.78 is 5.44. The molecule has 3 aliphatic heterocycles. The molecule has 32 heavy (non-hydrogen) atoms. The molecule has 170 valence electrons. The van der Waals surface area contributed by atoms with Crippen LogP contribution in [0.5, 0.6) is 0 Å². The summed E-state index contributed by atoms with van der Waals surface area (Å²) in [6.07, 6.45) is 2.32. The summed E-state index contributed by atoms with van der Waals surface area (Å²) >= 11 is 0. The average Bonchev–Trinajstić information content (AvgIpc) is 3.50. The standard InChI is InChI=1S/C24H31N5O3/c30-23-16-21(27-7-9-28(10-8-27)24(31)22-5-2-6-25-22)18-29(23)20-4-1-3-19(15-20)17-26-11-13-32-14-12-26/h1-6,15,21,25H,7-14,16-18H2. The Balaban J connectivity index is 1.18. The van der Waals surface area contributed by atoms with Crippen LogP contribution >= 0.6 is 0 Å². The summed E-state index contributed by atoms with van der Waals surface area (Å²) in [5.74, 6) is 0.235. The second-order valence-electron chi connectivity index (χ2n) is 8.83. The lowest BCUT2D eigenvalue weighted by Crippen LogP contribution is -2.52. The average molecular weight is 438 g/mol. The van der Waals surface area contributed by atoms with Gasteiger partial charge in [-0.15, -0.1) is 0 Å². The fourth-order valence-electron chi connectivity index (χ4n) is 4.95. The maximum Gasteiger partial charge on any atom is 0.270 e. The predicted octanol–water partition coefficient (Wildman–Crippen LogP) is 1.41. The number of anilines is 1. The topological polar surface area (TPSA) is 72.1 Å². The Morgan fingerprint density at radius 1 is 1.03 bits per heavy atom. The van der Waals surface area contributed by atoms with Crippen LogP contribution in [0.25, 0.3) is 0 Å². The van der Waals surface area contributed by atoms with E-state index in [2.05, 4.69) is 33.0 Å². The Bertz CT molecular complexity index is 933. The number of carbonyl (C=O) groups excluding carboxylic acids is 2. The first-order valence-electron chi connectivity index (χ1n) is 11.5. The molecule has 0 bridgehead atoms. The largest absolute Gasteiger partial charge is 0.379 e. The van der Waals surface area contributed by atoms with Crippen LogP contribution in [-0.4, -0.2) is 96.6 Å². The van der Waals surface area contributed by atoms with Gasteiger partial charge in [-0.05, 0) is 29.8 Å². The summed E-state index contributed by atoms with van der Waals surface area (Å²) in [5, 5.41) is 0. The normalized spacial score (nSPS) is 23.1. The molecule has 1 N–H and O–H groups in total. The van der Waals surface area contributed by atoms with Crippen molar-refractivity contribution in [3.05, 3.63) is 53.9 Å². The number of amides is 2. The second kappa shape index (κ2) is 9.44. The molecule has 0 spiro atoms. The van der Waals surface area contributed by atoms with Crippen LogP contribution in [0.15, 0.2) is 42.6 Å². The molecule has 0 aliphatic carbocycles. The van der Waals surface area contributed by atoms with E-state index in [-0.39, 0.29) is 17.9 Å². The zero-order valence-corrected chi connectivity index (χ0v) is 18.4. The number of ether oxygens (including phenoxy) is 1. The molecule has 1 atom stereocenters. The smallest absolute Gasteiger partial charge is 0.270 e. The number of H-pyrrole nitrogens is 1. The zero-order valence-electron chi connectivity index (χ0n) is 18.4. The van der Waals surface area contributed by atoms with E-state index in [4.69, 9.17) is 4.74 Å². The highest BCUT2D eigenvalue weighted by Gasteiger charge is 2.36. The van der Waals surface area contributed by atoms with Gasteiger partial charge in [-0.2, -0.15) is 0 Å². The Hall–Kier alpha value is -2.68. The number of aromatic nitrogens is 1. The van der Waals surface area contributed by atoms with Crippen molar-refractivity contribution >= 4 is 17.5 Å². The minimum absolute atomic E-state index is 0.0517. The highest BCUT2D eigenvalue weighted by Crippen LogP contribution is 2.26. The van der Waals surface area contributed by atoms with Crippen LogP contribution < -0.4 is 4.90 Å². The molecule has 3 aliphatic rings. The number of hydrogen-bond donors (Lipinski definition) is 1. The number of hydrogen-bond acceptors (Lipinski definition) is 5. The molecule has 1 unspecified atom stereocenters. The lowest BCUT2D eigenvalue weighted by Gasteiger charge is -2.37. The van der Waals surface area contributed by atoms with E-state index in [1.807, 2.05) is 28.0 Å². The third-order valence-electron chi connectivity index (χ3n) is 6.78. The van der Waals surface area contributed by atoms with Crippen LogP contribution in [-0.2, 0) is 16.1 Å². The number of aromatic amines is 1. The van der Waals surface area contributed by atoms with Gasteiger partial charge in [0.2, 0.25) is 5.91 Å². The molecular weight excluding hydrogens is 406 g/mol. The van der Waals surface area contributed by atoms with E-state index in [1.165, 1.54) is 5.56 Å². The van der Waals surface area contributed by atoms with Crippen LogP contribution in [0.3, 0.4) is 0 Å². The monoisotopic (exact) mass is 437 g/mol. The quantitative estimate of drug-likeness (QED) is 0.766. The molecule has 2 aromatic rings. The molecule has 4 heterocycles. The van der Waals surface area contributed by atoms with Crippen molar-refractivity contribution in [2.24, 2.45) is 0 Å². The highest BCUT2D eigenvalue weighted by molar-refractivity contribution is 5.96. The fourth-order valence-corrected chi connectivity index (χ4v) is 4.95.